The maximum absolute atomic E-state index is 16.0. The van der Waals surface area contributed by atoms with Crippen molar-refractivity contribution >= 4 is 8.32 Å². The zero-order valence-electron chi connectivity index (χ0n) is 23.8. The van der Waals surface area contributed by atoms with E-state index in [1.54, 1.807) is 27.0 Å². The van der Waals surface area contributed by atoms with E-state index in [1.165, 1.54) is 0 Å². The molecule has 6 nitrogen and oxygen atoms in total. The van der Waals surface area contributed by atoms with E-state index in [1.807, 2.05) is 38.1 Å². The fourth-order valence-electron chi connectivity index (χ4n) is 3.94. The van der Waals surface area contributed by atoms with Gasteiger partial charge in [-0.25, -0.2) is 4.39 Å². The Morgan fingerprint density at radius 2 is 1.78 bits per heavy atom. The number of rotatable bonds is 12. The van der Waals surface area contributed by atoms with Crippen LogP contribution in [0.2, 0.25) is 18.1 Å². The van der Waals surface area contributed by atoms with Crippen molar-refractivity contribution in [2.75, 3.05) is 13.7 Å². The molecule has 0 saturated carbocycles. The lowest BCUT2D eigenvalue weighted by molar-refractivity contribution is -0.158. The van der Waals surface area contributed by atoms with Crippen LogP contribution in [0.3, 0.4) is 0 Å². The first-order chi connectivity index (χ1) is 16.6. The molecule has 0 aliphatic carbocycles. The molecule has 1 N–H and O–H groups in total. The predicted molar refractivity (Wildman–Crippen MR) is 143 cm³/mol. The molecule has 0 spiro atoms. The number of aliphatic hydroxyl groups excluding tert-OH is 1. The van der Waals surface area contributed by atoms with E-state index in [-0.39, 0.29) is 30.3 Å². The molecule has 1 aromatic rings. The van der Waals surface area contributed by atoms with E-state index >= 15 is 4.39 Å². The Bertz CT molecular complexity index is 849. The highest BCUT2D eigenvalue weighted by Gasteiger charge is 2.47. The quantitative estimate of drug-likeness (QED) is 0.319. The van der Waals surface area contributed by atoms with E-state index in [0.29, 0.717) is 6.42 Å². The van der Waals surface area contributed by atoms with Gasteiger partial charge in [0.1, 0.15) is 23.8 Å². The third kappa shape index (κ3) is 8.36. The van der Waals surface area contributed by atoms with Crippen LogP contribution in [0.5, 0.6) is 5.75 Å². The SMILES string of the molecule is COc1ccc(CO[C@H](/C(F)=C\[C@@H](C)C(C)O[Si](C)(C)C(C)(C)C)[C@H]2OC(C)(C)O[C@H]2CCO)cc1. The van der Waals surface area contributed by atoms with Gasteiger partial charge in [-0.1, -0.05) is 39.8 Å². The number of methoxy groups -OCH3 is 1. The standard InChI is InChI=1S/C28H47FO6Si/c1-19(20(2)35-36(9,10)27(3,4)5)17-23(29)25(26-24(15-16-30)33-28(6,7)34-26)32-18-21-11-13-22(31-8)14-12-21/h11-14,17,19-20,24-26,30H,15-16,18H2,1-10H3/b23-17+/t19-,20?,24+,25-,26+/m1/s1. The summed E-state index contributed by atoms with van der Waals surface area (Å²) in [7, 11) is -0.398. The van der Waals surface area contributed by atoms with E-state index in [2.05, 4.69) is 33.9 Å². The number of ether oxygens (including phenoxy) is 4. The minimum atomic E-state index is -2.01. The van der Waals surface area contributed by atoms with Gasteiger partial charge in [-0.05, 0) is 69.1 Å². The van der Waals surface area contributed by atoms with Crippen molar-refractivity contribution < 1.29 is 32.9 Å². The Kier molecular flexibility index (Phi) is 10.7. The lowest BCUT2D eigenvalue weighted by Crippen LogP contribution is -2.44. The third-order valence-corrected chi connectivity index (χ3v) is 11.8. The number of hydrogen-bond acceptors (Lipinski definition) is 6. The van der Waals surface area contributed by atoms with Crippen LogP contribution in [0.1, 0.15) is 60.5 Å². The van der Waals surface area contributed by atoms with E-state index < -0.39 is 38.2 Å². The fraction of sp³-hybridized carbons (Fsp3) is 0.714. The van der Waals surface area contributed by atoms with Gasteiger partial charge < -0.3 is 28.5 Å². The third-order valence-electron chi connectivity index (χ3n) is 7.24. The predicted octanol–water partition coefficient (Wildman–Crippen LogP) is 6.38. The molecule has 1 heterocycles. The average Bonchev–Trinajstić information content (AvgIpc) is 3.07. The van der Waals surface area contributed by atoms with Crippen molar-refractivity contribution in [1.82, 2.24) is 0 Å². The summed E-state index contributed by atoms with van der Waals surface area (Å²) in [5, 5.41) is 9.64. The van der Waals surface area contributed by atoms with Crippen LogP contribution >= 0.6 is 0 Å². The van der Waals surface area contributed by atoms with Gasteiger partial charge in [-0.2, -0.15) is 0 Å². The van der Waals surface area contributed by atoms with Gasteiger partial charge in [0, 0.05) is 18.6 Å². The van der Waals surface area contributed by atoms with Crippen LogP contribution in [0.4, 0.5) is 4.39 Å². The van der Waals surface area contributed by atoms with Crippen molar-refractivity contribution in [2.45, 2.75) is 110 Å². The highest BCUT2D eigenvalue weighted by atomic mass is 28.4. The molecule has 5 atom stereocenters. The van der Waals surface area contributed by atoms with Gasteiger partial charge in [-0.15, -0.1) is 0 Å². The average molecular weight is 527 g/mol. The number of halogens is 1. The minimum absolute atomic E-state index is 0.0609. The van der Waals surface area contributed by atoms with Crippen LogP contribution in [-0.4, -0.2) is 57.3 Å². The monoisotopic (exact) mass is 526 g/mol. The maximum atomic E-state index is 16.0. The zero-order valence-corrected chi connectivity index (χ0v) is 24.8. The molecular formula is C28H47FO6Si. The van der Waals surface area contributed by atoms with Crippen molar-refractivity contribution in [3.63, 3.8) is 0 Å². The molecule has 2 rings (SSSR count). The molecule has 0 radical (unpaired) electrons. The molecular weight excluding hydrogens is 479 g/mol. The number of hydrogen-bond donors (Lipinski definition) is 1. The molecule has 1 saturated heterocycles. The van der Waals surface area contributed by atoms with Gasteiger partial charge in [0.2, 0.25) is 0 Å². The van der Waals surface area contributed by atoms with Crippen molar-refractivity contribution in [3.05, 3.63) is 41.7 Å². The zero-order chi connectivity index (χ0) is 27.3. The number of benzene rings is 1. The van der Waals surface area contributed by atoms with Gasteiger partial charge in [0.05, 0.1) is 19.8 Å². The summed E-state index contributed by atoms with van der Waals surface area (Å²) in [6.07, 6.45) is -0.449. The van der Waals surface area contributed by atoms with Crippen molar-refractivity contribution in [1.29, 1.82) is 0 Å². The van der Waals surface area contributed by atoms with E-state index in [9.17, 15) is 5.11 Å². The van der Waals surface area contributed by atoms with Gasteiger partial charge in [0.25, 0.3) is 0 Å². The maximum Gasteiger partial charge on any atom is 0.192 e. The normalized spacial score (nSPS) is 23.4. The number of aliphatic hydroxyl groups is 1. The molecule has 0 bridgehead atoms. The van der Waals surface area contributed by atoms with Crippen LogP contribution in [0.15, 0.2) is 36.2 Å². The van der Waals surface area contributed by atoms with Gasteiger partial charge in [0.15, 0.2) is 14.1 Å². The lowest BCUT2D eigenvalue weighted by Gasteiger charge is -2.39. The summed E-state index contributed by atoms with van der Waals surface area (Å²) < 4.78 is 45.9. The summed E-state index contributed by atoms with van der Waals surface area (Å²) in [6.45, 7) is 18.6. The molecule has 1 aromatic carbocycles. The topological polar surface area (TPSA) is 66.4 Å². The van der Waals surface area contributed by atoms with E-state index in [0.717, 1.165) is 11.3 Å². The Morgan fingerprint density at radius 1 is 1.17 bits per heavy atom. The summed E-state index contributed by atoms with van der Waals surface area (Å²) in [4.78, 5) is 0. The first-order valence-corrected chi connectivity index (χ1v) is 15.8. The highest BCUT2D eigenvalue weighted by molar-refractivity contribution is 6.74. The Hall–Kier alpha value is -1.29. The minimum Gasteiger partial charge on any atom is -0.497 e. The second-order valence-electron chi connectivity index (χ2n) is 11.7. The molecule has 206 valence electrons. The summed E-state index contributed by atoms with van der Waals surface area (Å²) >= 11 is 0. The molecule has 1 fully saturated rings. The molecule has 0 amide bonds. The summed E-state index contributed by atoms with van der Waals surface area (Å²) in [5.41, 5.74) is 0.883. The lowest BCUT2D eigenvalue weighted by atomic mass is 10.00. The molecule has 36 heavy (non-hydrogen) atoms. The fourth-order valence-corrected chi connectivity index (χ4v) is 5.44. The molecule has 1 aliphatic rings. The Balaban J connectivity index is 2.28. The Labute approximate surface area is 218 Å². The van der Waals surface area contributed by atoms with Gasteiger partial charge >= 0.3 is 0 Å². The van der Waals surface area contributed by atoms with Crippen molar-refractivity contribution in [2.24, 2.45) is 5.92 Å². The Morgan fingerprint density at radius 3 is 2.31 bits per heavy atom. The summed E-state index contributed by atoms with van der Waals surface area (Å²) in [5.74, 6) is -0.770. The second-order valence-corrected chi connectivity index (χ2v) is 16.5. The largest absolute Gasteiger partial charge is 0.497 e. The first kappa shape index (κ1) is 30.9. The molecule has 1 aliphatic heterocycles. The van der Waals surface area contributed by atoms with Crippen LogP contribution in [-0.2, 0) is 25.2 Å². The summed E-state index contributed by atoms with van der Waals surface area (Å²) in [6, 6.07) is 7.45. The van der Waals surface area contributed by atoms with Crippen LogP contribution in [0.25, 0.3) is 0 Å². The van der Waals surface area contributed by atoms with Crippen LogP contribution < -0.4 is 4.74 Å². The van der Waals surface area contributed by atoms with Gasteiger partial charge in [-0.3, -0.25) is 0 Å². The van der Waals surface area contributed by atoms with Crippen LogP contribution in [0, 0.1) is 5.92 Å². The first-order valence-electron chi connectivity index (χ1n) is 12.9. The van der Waals surface area contributed by atoms with Crippen molar-refractivity contribution in [3.8, 4) is 5.75 Å². The van der Waals surface area contributed by atoms with E-state index in [4.69, 9.17) is 23.4 Å². The molecule has 0 aromatic heterocycles. The second kappa shape index (κ2) is 12.5. The highest BCUT2D eigenvalue weighted by Crippen LogP contribution is 2.39. The molecule has 8 heteroatoms. The molecule has 1 unspecified atom stereocenters. The smallest absolute Gasteiger partial charge is 0.192 e.